The van der Waals surface area contributed by atoms with Gasteiger partial charge in [0.1, 0.15) is 5.75 Å². The number of hydrogen-bond donors (Lipinski definition) is 1. The molecule has 0 aliphatic rings. The molecule has 2 aromatic rings. The van der Waals surface area contributed by atoms with Crippen molar-refractivity contribution in [2.75, 3.05) is 18.5 Å². The molecular formula is C17H21NO. The largest absolute Gasteiger partial charge is 0.494 e. The van der Waals surface area contributed by atoms with E-state index in [1.807, 2.05) is 30.3 Å². The van der Waals surface area contributed by atoms with E-state index in [0.29, 0.717) is 0 Å². The van der Waals surface area contributed by atoms with E-state index in [1.54, 1.807) is 0 Å². The molecule has 0 amide bonds. The van der Waals surface area contributed by atoms with Crippen LogP contribution in [-0.2, 0) is 0 Å². The first-order valence-electron chi connectivity index (χ1n) is 6.75. The Morgan fingerprint density at radius 1 is 0.947 bits per heavy atom. The van der Waals surface area contributed by atoms with Crippen LogP contribution in [0.5, 0.6) is 5.75 Å². The predicted molar refractivity (Wildman–Crippen MR) is 81.0 cm³/mol. The second-order valence-electron chi connectivity index (χ2n) is 4.74. The molecule has 0 unspecified atom stereocenters. The average Bonchev–Trinajstić information content (AvgIpc) is 2.43. The molecule has 0 aromatic heterocycles. The number of nitrogens with one attached hydrogen (secondary N) is 1. The lowest BCUT2D eigenvalue weighted by atomic mass is 10.1. The van der Waals surface area contributed by atoms with Gasteiger partial charge in [0.05, 0.1) is 6.61 Å². The molecule has 0 heterocycles. The lowest BCUT2D eigenvalue weighted by molar-refractivity contribution is 0.315. The molecule has 0 saturated heterocycles. The Balaban J connectivity index is 1.68. The van der Waals surface area contributed by atoms with E-state index in [2.05, 4.69) is 37.4 Å². The molecule has 2 heteroatoms. The minimum Gasteiger partial charge on any atom is -0.494 e. The van der Waals surface area contributed by atoms with Crippen LogP contribution in [0.1, 0.15) is 17.5 Å². The molecule has 0 spiro atoms. The Kier molecular flexibility index (Phi) is 4.85. The van der Waals surface area contributed by atoms with Crippen LogP contribution in [0.15, 0.2) is 48.5 Å². The highest BCUT2D eigenvalue weighted by Crippen LogP contribution is 2.14. The first-order chi connectivity index (χ1) is 9.25. The Bertz CT molecular complexity index is 508. The predicted octanol–water partition coefficient (Wildman–Crippen LogP) is 4.18. The Labute approximate surface area is 115 Å². The molecule has 0 bridgehead atoms. The van der Waals surface area contributed by atoms with E-state index in [1.165, 1.54) is 16.8 Å². The Morgan fingerprint density at radius 3 is 2.47 bits per heavy atom. The molecule has 0 fully saturated rings. The number of anilines is 1. The van der Waals surface area contributed by atoms with Crippen LogP contribution in [0.3, 0.4) is 0 Å². The minimum atomic E-state index is 0.738. The molecule has 0 atom stereocenters. The fourth-order valence-electron chi connectivity index (χ4n) is 1.86. The summed E-state index contributed by atoms with van der Waals surface area (Å²) in [5.41, 5.74) is 3.84. The zero-order chi connectivity index (χ0) is 13.5. The molecule has 2 nitrogen and oxygen atoms in total. The van der Waals surface area contributed by atoms with Crippen LogP contribution in [0.4, 0.5) is 5.69 Å². The normalized spacial score (nSPS) is 10.2. The lowest BCUT2D eigenvalue weighted by Crippen LogP contribution is -2.07. The third-order valence-corrected chi connectivity index (χ3v) is 3.17. The van der Waals surface area contributed by atoms with Crippen molar-refractivity contribution in [3.63, 3.8) is 0 Å². The van der Waals surface area contributed by atoms with Crippen LogP contribution in [0, 0.1) is 13.8 Å². The maximum absolute atomic E-state index is 5.65. The van der Waals surface area contributed by atoms with E-state index in [-0.39, 0.29) is 0 Å². The van der Waals surface area contributed by atoms with Gasteiger partial charge < -0.3 is 10.1 Å². The van der Waals surface area contributed by atoms with Crippen molar-refractivity contribution in [1.29, 1.82) is 0 Å². The summed E-state index contributed by atoms with van der Waals surface area (Å²) >= 11 is 0. The standard InChI is InChI=1S/C17H21NO/c1-14-9-10-16(13-15(14)2)18-11-6-12-19-17-7-4-3-5-8-17/h3-5,7-10,13,18H,6,11-12H2,1-2H3. The van der Waals surface area contributed by atoms with Crippen molar-refractivity contribution in [3.05, 3.63) is 59.7 Å². The Morgan fingerprint density at radius 2 is 1.74 bits per heavy atom. The van der Waals surface area contributed by atoms with Gasteiger partial charge >= 0.3 is 0 Å². The minimum absolute atomic E-state index is 0.738. The Hall–Kier alpha value is -1.96. The van der Waals surface area contributed by atoms with Gasteiger partial charge in [0.15, 0.2) is 0 Å². The second-order valence-corrected chi connectivity index (χ2v) is 4.74. The number of hydrogen-bond acceptors (Lipinski definition) is 2. The van der Waals surface area contributed by atoms with E-state index in [0.717, 1.165) is 25.3 Å². The number of benzene rings is 2. The number of rotatable bonds is 6. The van der Waals surface area contributed by atoms with Gasteiger partial charge in [-0.25, -0.2) is 0 Å². The maximum Gasteiger partial charge on any atom is 0.119 e. The zero-order valence-electron chi connectivity index (χ0n) is 11.6. The fraction of sp³-hybridized carbons (Fsp3) is 0.294. The van der Waals surface area contributed by atoms with Crippen molar-refractivity contribution in [3.8, 4) is 5.75 Å². The van der Waals surface area contributed by atoms with Crippen molar-refractivity contribution >= 4 is 5.69 Å². The molecule has 0 saturated carbocycles. The van der Waals surface area contributed by atoms with Crippen molar-refractivity contribution in [2.45, 2.75) is 20.3 Å². The van der Waals surface area contributed by atoms with Crippen molar-refractivity contribution in [2.24, 2.45) is 0 Å². The highest BCUT2D eigenvalue weighted by Gasteiger charge is 1.96. The quantitative estimate of drug-likeness (QED) is 0.782. The van der Waals surface area contributed by atoms with Crippen molar-refractivity contribution in [1.82, 2.24) is 0 Å². The van der Waals surface area contributed by atoms with Crippen LogP contribution < -0.4 is 10.1 Å². The van der Waals surface area contributed by atoms with E-state index < -0.39 is 0 Å². The summed E-state index contributed by atoms with van der Waals surface area (Å²) in [6.07, 6.45) is 0.988. The molecule has 100 valence electrons. The summed E-state index contributed by atoms with van der Waals surface area (Å²) in [5.74, 6) is 0.939. The van der Waals surface area contributed by atoms with Crippen LogP contribution in [-0.4, -0.2) is 13.2 Å². The second kappa shape index (κ2) is 6.83. The van der Waals surface area contributed by atoms with Gasteiger partial charge in [-0.3, -0.25) is 0 Å². The van der Waals surface area contributed by atoms with Gasteiger partial charge in [-0.05, 0) is 55.7 Å². The van der Waals surface area contributed by atoms with Crippen LogP contribution in [0.25, 0.3) is 0 Å². The van der Waals surface area contributed by atoms with Gasteiger partial charge in [0, 0.05) is 12.2 Å². The van der Waals surface area contributed by atoms with Gasteiger partial charge in [0.2, 0.25) is 0 Å². The van der Waals surface area contributed by atoms with Gasteiger partial charge in [-0.1, -0.05) is 24.3 Å². The zero-order valence-corrected chi connectivity index (χ0v) is 11.6. The summed E-state index contributed by atoms with van der Waals surface area (Å²) in [6, 6.07) is 16.4. The first-order valence-corrected chi connectivity index (χ1v) is 6.75. The molecule has 1 N–H and O–H groups in total. The molecule has 2 aromatic carbocycles. The van der Waals surface area contributed by atoms with E-state index in [9.17, 15) is 0 Å². The average molecular weight is 255 g/mol. The van der Waals surface area contributed by atoms with Crippen molar-refractivity contribution < 1.29 is 4.74 Å². The molecule has 2 rings (SSSR count). The highest BCUT2D eigenvalue weighted by atomic mass is 16.5. The van der Waals surface area contributed by atoms with Gasteiger partial charge in [-0.15, -0.1) is 0 Å². The highest BCUT2D eigenvalue weighted by molar-refractivity contribution is 5.47. The number of para-hydroxylation sites is 1. The fourth-order valence-corrected chi connectivity index (χ4v) is 1.86. The summed E-state index contributed by atoms with van der Waals surface area (Å²) in [6.45, 7) is 5.93. The molecule has 0 radical (unpaired) electrons. The smallest absolute Gasteiger partial charge is 0.119 e. The van der Waals surface area contributed by atoms with Gasteiger partial charge in [0.25, 0.3) is 0 Å². The number of aryl methyl sites for hydroxylation is 2. The van der Waals surface area contributed by atoms with Crippen LogP contribution in [0.2, 0.25) is 0 Å². The lowest BCUT2D eigenvalue weighted by Gasteiger charge is -2.09. The summed E-state index contributed by atoms with van der Waals surface area (Å²) in [7, 11) is 0. The monoisotopic (exact) mass is 255 g/mol. The molecule has 19 heavy (non-hydrogen) atoms. The van der Waals surface area contributed by atoms with E-state index in [4.69, 9.17) is 4.74 Å². The third kappa shape index (κ3) is 4.32. The van der Waals surface area contributed by atoms with Gasteiger partial charge in [-0.2, -0.15) is 0 Å². The SMILES string of the molecule is Cc1ccc(NCCCOc2ccccc2)cc1C. The maximum atomic E-state index is 5.65. The third-order valence-electron chi connectivity index (χ3n) is 3.17. The topological polar surface area (TPSA) is 21.3 Å². The first kappa shape index (κ1) is 13.5. The molecule has 0 aliphatic carbocycles. The summed E-state index contributed by atoms with van der Waals surface area (Å²) in [5, 5.41) is 3.42. The van der Waals surface area contributed by atoms with Crippen LogP contribution >= 0.6 is 0 Å². The number of ether oxygens (including phenoxy) is 1. The van der Waals surface area contributed by atoms with E-state index >= 15 is 0 Å². The molecular weight excluding hydrogens is 234 g/mol. The molecule has 0 aliphatic heterocycles. The summed E-state index contributed by atoms with van der Waals surface area (Å²) in [4.78, 5) is 0. The summed E-state index contributed by atoms with van der Waals surface area (Å²) < 4.78 is 5.65.